The van der Waals surface area contributed by atoms with Gasteiger partial charge in [0.1, 0.15) is 23.2 Å². The summed E-state index contributed by atoms with van der Waals surface area (Å²) < 4.78 is 11.6. The third-order valence-corrected chi connectivity index (χ3v) is 13.2. The lowest BCUT2D eigenvalue weighted by molar-refractivity contribution is 0.673. The smallest absolute Gasteiger partial charge is 0.160 e. The Morgan fingerprint density at radius 1 is 0.491 bits per heavy atom. The molecule has 0 radical (unpaired) electrons. The van der Waals surface area contributed by atoms with Crippen LogP contribution in [0.3, 0.4) is 0 Å². The monoisotopic (exact) mass is 739 g/mol. The lowest BCUT2D eigenvalue weighted by Crippen LogP contribution is -2.33. The Balaban J connectivity index is 1.08. The molecule has 0 saturated carbocycles. The van der Waals surface area contributed by atoms with E-state index in [1.54, 1.807) is 0 Å². The molecule has 0 fully saturated rings. The van der Waals surface area contributed by atoms with Crippen molar-refractivity contribution in [2.24, 2.45) is 9.98 Å². The van der Waals surface area contributed by atoms with Gasteiger partial charge in [0.15, 0.2) is 5.84 Å². The summed E-state index contributed by atoms with van der Waals surface area (Å²) in [7, 11) is 0. The molecule has 0 saturated heterocycles. The SMILES string of the molecule is c1ccc(C2=NC(c3cc4sc5cc(-c6cc7c8ccccc8oc7c7c6sc6ccccc67)ccc5c4c4ccccc34)=NC(c3ccccc3)N2)cc1. The Morgan fingerprint density at radius 3 is 2.05 bits per heavy atom. The number of hydrogen-bond donors (Lipinski definition) is 1. The molecule has 1 N–H and O–H groups in total. The van der Waals surface area contributed by atoms with Crippen molar-refractivity contribution >= 4 is 107 Å². The van der Waals surface area contributed by atoms with Crippen LogP contribution >= 0.6 is 22.7 Å². The molecular weight excluding hydrogens is 711 g/mol. The zero-order valence-corrected chi connectivity index (χ0v) is 30.9. The first-order valence-electron chi connectivity index (χ1n) is 18.4. The topological polar surface area (TPSA) is 49.9 Å². The summed E-state index contributed by atoms with van der Waals surface area (Å²) in [4.78, 5) is 10.5. The van der Waals surface area contributed by atoms with Gasteiger partial charge in [-0.05, 0) is 52.2 Å². The van der Waals surface area contributed by atoms with Crippen LogP contribution in [-0.2, 0) is 0 Å². The molecule has 1 unspecified atom stereocenters. The zero-order valence-electron chi connectivity index (χ0n) is 29.3. The summed E-state index contributed by atoms with van der Waals surface area (Å²) in [6.07, 6.45) is -0.265. The van der Waals surface area contributed by atoms with Crippen molar-refractivity contribution in [1.29, 1.82) is 0 Å². The van der Waals surface area contributed by atoms with Gasteiger partial charge in [0.2, 0.25) is 0 Å². The maximum atomic E-state index is 6.58. The number of rotatable bonds is 4. The number of para-hydroxylation sites is 1. The van der Waals surface area contributed by atoms with Crippen molar-refractivity contribution in [3.05, 3.63) is 180 Å². The molecule has 0 spiro atoms. The van der Waals surface area contributed by atoms with Gasteiger partial charge in [-0.3, -0.25) is 0 Å². The predicted octanol–water partition coefficient (Wildman–Crippen LogP) is 13.6. The standard InChI is InChI=1S/C49H29N3OS2/c1-3-13-28(14-4-1)47-50-48(29-15-5-2-6-16-29)52-49(51-47)38-27-42-43(33-19-8-7-17-31(33)38)35-24-23-30(25-41(35)54-42)36-26-37-32-18-9-11-21-39(32)53-45(37)44-34-20-10-12-22-40(34)55-46(36)44/h1-27,47H,(H,50,51,52). The third kappa shape index (κ3) is 4.75. The van der Waals surface area contributed by atoms with Crippen molar-refractivity contribution < 1.29 is 4.42 Å². The van der Waals surface area contributed by atoms with Crippen LogP contribution in [0.25, 0.3) is 84.2 Å². The summed E-state index contributed by atoms with van der Waals surface area (Å²) in [5.74, 6) is 1.55. The molecule has 0 amide bonds. The molecule has 12 rings (SSSR count). The molecule has 6 heteroatoms. The van der Waals surface area contributed by atoms with Crippen molar-refractivity contribution in [2.75, 3.05) is 0 Å². The number of aliphatic imine (C=N–C) groups is 2. The molecule has 1 aliphatic rings. The molecule has 258 valence electrons. The summed E-state index contributed by atoms with van der Waals surface area (Å²) in [5, 5.41) is 13.2. The summed E-state index contributed by atoms with van der Waals surface area (Å²) in [5.41, 5.74) is 7.49. The zero-order chi connectivity index (χ0) is 36.0. The molecule has 3 aromatic heterocycles. The van der Waals surface area contributed by atoms with E-state index < -0.39 is 0 Å². The van der Waals surface area contributed by atoms with Gasteiger partial charge >= 0.3 is 0 Å². The number of furan rings is 1. The summed E-state index contributed by atoms with van der Waals surface area (Å²) >= 11 is 3.69. The number of benzene rings is 8. The predicted molar refractivity (Wildman–Crippen MR) is 234 cm³/mol. The first-order chi connectivity index (χ1) is 27.2. The molecule has 11 aromatic rings. The molecule has 1 aliphatic heterocycles. The Bertz CT molecular complexity index is 3410. The van der Waals surface area contributed by atoms with Crippen LogP contribution in [0, 0.1) is 0 Å². The van der Waals surface area contributed by atoms with Gasteiger partial charge in [0, 0.05) is 67.8 Å². The van der Waals surface area contributed by atoms with Crippen LogP contribution < -0.4 is 5.32 Å². The number of hydrogen-bond acceptors (Lipinski definition) is 6. The Hall–Kier alpha value is -6.60. The van der Waals surface area contributed by atoms with Gasteiger partial charge in [-0.2, -0.15) is 0 Å². The first kappa shape index (κ1) is 30.8. The maximum absolute atomic E-state index is 6.58. The number of nitrogens with one attached hydrogen (secondary N) is 1. The normalized spacial score (nSPS) is 14.7. The molecule has 4 heterocycles. The highest BCUT2D eigenvalue weighted by atomic mass is 32.1. The van der Waals surface area contributed by atoms with E-state index in [-0.39, 0.29) is 6.17 Å². The van der Waals surface area contributed by atoms with Crippen LogP contribution in [0.15, 0.2) is 178 Å². The fourth-order valence-electron chi connectivity index (χ4n) is 8.39. The van der Waals surface area contributed by atoms with Gasteiger partial charge in [0.05, 0.1) is 0 Å². The second-order valence-electron chi connectivity index (χ2n) is 14.1. The van der Waals surface area contributed by atoms with Crippen LogP contribution in [0.4, 0.5) is 0 Å². The molecular formula is C49H29N3OS2. The van der Waals surface area contributed by atoms with E-state index in [4.69, 9.17) is 14.4 Å². The summed E-state index contributed by atoms with van der Waals surface area (Å²) in [6, 6.07) is 58.2. The van der Waals surface area contributed by atoms with E-state index >= 15 is 0 Å². The first-order valence-corrected chi connectivity index (χ1v) is 20.1. The highest BCUT2D eigenvalue weighted by Crippen LogP contribution is 2.48. The number of amidine groups is 2. The van der Waals surface area contributed by atoms with E-state index in [0.717, 1.165) is 55.7 Å². The second kappa shape index (κ2) is 12.0. The van der Waals surface area contributed by atoms with Crippen molar-refractivity contribution in [3.63, 3.8) is 0 Å². The average molecular weight is 740 g/mol. The van der Waals surface area contributed by atoms with Crippen LogP contribution in [0.5, 0.6) is 0 Å². The van der Waals surface area contributed by atoms with Gasteiger partial charge in [-0.1, -0.05) is 133 Å². The van der Waals surface area contributed by atoms with E-state index in [1.807, 2.05) is 40.9 Å². The molecule has 1 atom stereocenters. The summed E-state index contributed by atoms with van der Waals surface area (Å²) in [6.45, 7) is 0. The maximum Gasteiger partial charge on any atom is 0.160 e. The van der Waals surface area contributed by atoms with Crippen molar-refractivity contribution in [2.45, 2.75) is 6.17 Å². The van der Waals surface area contributed by atoms with Gasteiger partial charge < -0.3 is 9.73 Å². The minimum atomic E-state index is -0.265. The Labute approximate surface area is 323 Å². The van der Waals surface area contributed by atoms with Crippen LogP contribution in [-0.4, -0.2) is 11.7 Å². The highest BCUT2D eigenvalue weighted by molar-refractivity contribution is 7.27. The van der Waals surface area contributed by atoms with Crippen LogP contribution in [0.1, 0.15) is 22.9 Å². The number of fused-ring (bicyclic) bond motifs is 12. The van der Waals surface area contributed by atoms with Gasteiger partial charge in [-0.15, -0.1) is 22.7 Å². The lowest BCUT2D eigenvalue weighted by atomic mass is 9.96. The van der Waals surface area contributed by atoms with E-state index in [1.165, 1.54) is 56.9 Å². The minimum Gasteiger partial charge on any atom is -0.455 e. The average Bonchev–Trinajstić information content (AvgIpc) is 3.94. The fourth-order valence-corrected chi connectivity index (χ4v) is 10.8. The quantitative estimate of drug-likeness (QED) is 0.195. The fraction of sp³-hybridized carbons (Fsp3) is 0.0204. The molecule has 55 heavy (non-hydrogen) atoms. The second-order valence-corrected chi connectivity index (χ2v) is 16.2. The number of nitrogens with zero attached hydrogens (tertiary/aromatic N) is 2. The van der Waals surface area contributed by atoms with Crippen molar-refractivity contribution in [1.82, 2.24) is 5.32 Å². The van der Waals surface area contributed by atoms with E-state index in [0.29, 0.717) is 0 Å². The molecule has 0 bridgehead atoms. The third-order valence-electron chi connectivity index (χ3n) is 10.9. The molecule has 8 aromatic carbocycles. The number of thiophene rings is 2. The van der Waals surface area contributed by atoms with E-state index in [2.05, 4.69) is 151 Å². The minimum absolute atomic E-state index is 0.265. The largest absolute Gasteiger partial charge is 0.455 e. The van der Waals surface area contributed by atoms with Gasteiger partial charge in [0.25, 0.3) is 0 Å². The lowest BCUT2D eigenvalue weighted by Gasteiger charge is -2.24. The van der Waals surface area contributed by atoms with E-state index in [9.17, 15) is 0 Å². The van der Waals surface area contributed by atoms with Crippen LogP contribution in [0.2, 0.25) is 0 Å². The Kier molecular flexibility index (Phi) is 6.70. The van der Waals surface area contributed by atoms with Crippen molar-refractivity contribution in [3.8, 4) is 11.1 Å². The molecule has 4 nitrogen and oxygen atoms in total. The highest BCUT2D eigenvalue weighted by Gasteiger charge is 2.24. The Morgan fingerprint density at radius 2 is 1.20 bits per heavy atom. The van der Waals surface area contributed by atoms with Gasteiger partial charge in [-0.25, -0.2) is 9.98 Å². The molecule has 0 aliphatic carbocycles.